The van der Waals surface area contributed by atoms with E-state index in [-0.39, 0.29) is 18.1 Å². The van der Waals surface area contributed by atoms with Gasteiger partial charge in [-0.1, -0.05) is 41.7 Å². The number of rotatable bonds is 5. The van der Waals surface area contributed by atoms with Gasteiger partial charge in [-0.25, -0.2) is 8.42 Å². The quantitative estimate of drug-likeness (QED) is 0.904. The monoisotopic (exact) mass is 315 g/mol. The van der Waals surface area contributed by atoms with E-state index in [9.17, 15) is 8.42 Å². The summed E-state index contributed by atoms with van der Waals surface area (Å²) in [4.78, 5) is 0. The molecule has 0 atom stereocenters. The van der Waals surface area contributed by atoms with Crippen LogP contribution in [0.15, 0.2) is 12.1 Å². The summed E-state index contributed by atoms with van der Waals surface area (Å²) in [6.45, 7) is 1.87. The standard InChI is InChI=1S/C10H12Cl3NO2S/c1-2-17(15,16)4-3-14-10-8(12)5-7(11)6-9(10)13/h5-6,14H,2-4H2,1H3. The Bertz CT molecular complexity index is 479. The van der Waals surface area contributed by atoms with Crippen molar-refractivity contribution in [2.75, 3.05) is 23.4 Å². The largest absolute Gasteiger partial charge is 0.382 e. The first-order chi connectivity index (χ1) is 7.85. The molecule has 1 aromatic carbocycles. The molecule has 0 unspecified atom stereocenters. The number of benzene rings is 1. The minimum atomic E-state index is -3.00. The fraction of sp³-hybridized carbons (Fsp3) is 0.400. The van der Waals surface area contributed by atoms with Gasteiger partial charge in [0.15, 0.2) is 9.84 Å². The molecule has 1 rings (SSSR count). The van der Waals surface area contributed by atoms with Crippen LogP contribution in [-0.2, 0) is 9.84 Å². The van der Waals surface area contributed by atoms with E-state index >= 15 is 0 Å². The van der Waals surface area contributed by atoms with Crippen molar-refractivity contribution in [3.63, 3.8) is 0 Å². The van der Waals surface area contributed by atoms with Crippen molar-refractivity contribution < 1.29 is 8.42 Å². The summed E-state index contributed by atoms with van der Waals surface area (Å²) in [7, 11) is -3.00. The molecular formula is C10H12Cl3NO2S. The summed E-state index contributed by atoms with van der Waals surface area (Å²) >= 11 is 17.6. The van der Waals surface area contributed by atoms with Gasteiger partial charge >= 0.3 is 0 Å². The second-order valence-corrected chi connectivity index (χ2v) is 7.13. The number of halogens is 3. The third kappa shape index (κ3) is 4.54. The van der Waals surface area contributed by atoms with Crippen molar-refractivity contribution in [1.29, 1.82) is 0 Å². The lowest BCUT2D eigenvalue weighted by molar-refractivity contribution is 0.597. The van der Waals surface area contributed by atoms with Gasteiger partial charge in [0.05, 0.1) is 21.5 Å². The first-order valence-electron chi connectivity index (χ1n) is 4.94. The molecule has 0 saturated carbocycles. The van der Waals surface area contributed by atoms with E-state index in [4.69, 9.17) is 34.8 Å². The van der Waals surface area contributed by atoms with Crippen molar-refractivity contribution in [2.45, 2.75) is 6.92 Å². The average Bonchev–Trinajstić information content (AvgIpc) is 2.22. The number of hydrogen-bond acceptors (Lipinski definition) is 3. The Hall–Kier alpha value is -0.160. The van der Waals surface area contributed by atoms with Gasteiger partial charge in [-0.3, -0.25) is 0 Å². The van der Waals surface area contributed by atoms with Crippen LogP contribution in [-0.4, -0.2) is 26.5 Å². The van der Waals surface area contributed by atoms with Crippen molar-refractivity contribution in [1.82, 2.24) is 0 Å². The van der Waals surface area contributed by atoms with Crippen molar-refractivity contribution >= 4 is 50.3 Å². The van der Waals surface area contributed by atoms with Crippen LogP contribution in [0.4, 0.5) is 5.69 Å². The Morgan fingerprint density at radius 3 is 2.18 bits per heavy atom. The first-order valence-corrected chi connectivity index (χ1v) is 7.90. The minimum Gasteiger partial charge on any atom is -0.382 e. The predicted octanol–water partition coefficient (Wildman–Crippen LogP) is 3.49. The van der Waals surface area contributed by atoms with Gasteiger partial charge in [-0.05, 0) is 12.1 Å². The fourth-order valence-corrected chi connectivity index (χ4v) is 2.84. The number of anilines is 1. The molecule has 0 radical (unpaired) electrons. The van der Waals surface area contributed by atoms with Crippen LogP contribution in [0.1, 0.15) is 6.92 Å². The molecule has 3 nitrogen and oxygen atoms in total. The lowest BCUT2D eigenvalue weighted by Crippen LogP contribution is -2.17. The molecule has 1 N–H and O–H groups in total. The van der Waals surface area contributed by atoms with Crippen LogP contribution < -0.4 is 5.32 Å². The third-order valence-electron chi connectivity index (χ3n) is 2.16. The van der Waals surface area contributed by atoms with Gasteiger partial charge in [0.1, 0.15) is 0 Å². The smallest absolute Gasteiger partial charge is 0.151 e. The normalized spacial score (nSPS) is 11.5. The van der Waals surface area contributed by atoms with Crippen LogP contribution in [0.3, 0.4) is 0 Å². The van der Waals surface area contributed by atoms with Crippen molar-refractivity contribution in [2.24, 2.45) is 0 Å². The van der Waals surface area contributed by atoms with Gasteiger partial charge in [-0.2, -0.15) is 0 Å². The molecule has 0 aromatic heterocycles. The maximum atomic E-state index is 11.3. The van der Waals surface area contributed by atoms with Crippen LogP contribution in [0.25, 0.3) is 0 Å². The maximum Gasteiger partial charge on any atom is 0.151 e. The van der Waals surface area contributed by atoms with Crippen LogP contribution in [0.2, 0.25) is 15.1 Å². The molecule has 7 heteroatoms. The lowest BCUT2D eigenvalue weighted by atomic mass is 10.3. The van der Waals surface area contributed by atoms with E-state index in [0.29, 0.717) is 20.8 Å². The SMILES string of the molecule is CCS(=O)(=O)CCNc1c(Cl)cc(Cl)cc1Cl. The van der Waals surface area contributed by atoms with Crippen LogP contribution in [0.5, 0.6) is 0 Å². The molecule has 0 amide bonds. The molecule has 96 valence electrons. The zero-order valence-electron chi connectivity index (χ0n) is 9.13. The summed E-state index contributed by atoms with van der Waals surface area (Å²) in [5.41, 5.74) is 0.504. The lowest BCUT2D eigenvalue weighted by Gasteiger charge is -2.10. The number of nitrogens with one attached hydrogen (secondary N) is 1. The fourth-order valence-electron chi connectivity index (χ4n) is 1.19. The van der Waals surface area contributed by atoms with Crippen LogP contribution in [0, 0.1) is 0 Å². The van der Waals surface area contributed by atoms with E-state index in [1.165, 1.54) is 0 Å². The molecule has 0 saturated heterocycles. The van der Waals surface area contributed by atoms with Gasteiger partial charge in [0, 0.05) is 17.3 Å². The van der Waals surface area contributed by atoms with E-state index in [0.717, 1.165) is 0 Å². The third-order valence-corrected chi connectivity index (χ3v) is 4.68. The highest BCUT2D eigenvalue weighted by molar-refractivity contribution is 7.91. The Labute approximate surface area is 116 Å². The summed E-state index contributed by atoms with van der Waals surface area (Å²) < 4.78 is 22.6. The van der Waals surface area contributed by atoms with Crippen LogP contribution >= 0.6 is 34.8 Å². The maximum absolute atomic E-state index is 11.3. The summed E-state index contributed by atoms with van der Waals surface area (Å²) in [6.07, 6.45) is 0. The molecule has 0 aliphatic carbocycles. The molecule has 0 aliphatic heterocycles. The topological polar surface area (TPSA) is 46.2 Å². The van der Waals surface area contributed by atoms with E-state index in [1.54, 1.807) is 19.1 Å². The van der Waals surface area contributed by atoms with Gasteiger partial charge in [0.2, 0.25) is 0 Å². The summed E-state index contributed by atoms with van der Waals surface area (Å²) in [5.74, 6) is 0.162. The zero-order chi connectivity index (χ0) is 13.1. The van der Waals surface area contributed by atoms with E-state index in [2.05, 4.69) is 5.32 Å². The van der Waals surface area contributed by atoms with E-state index < -0.39 is 9.84 Å². The van der Waals surface area contributed by atoms with Crippen molar-refractivity contribution in [3.05, 3.63) is 27.2 Å². The molecule has 17 heavy (non-hydrogen) atoms. The molecule has 0 bridgehead atoms. The minimum absolute atomic E-state index is 0.0405. The van der Waals surface area contributed by atoms with Crippen molar-refractivity contribution in [3.8, 4) is 0 Å². The Balaban J connectivity index is 2.71. The molecule has 0 aliphatic rings. The number of sulfone groups is 1. The first kappa shape index (κ1) is 14.9. The Kier molecular flexibility index (Phi) is 5.38. The highest BCUT2D eigenvalue weighted by Gasteiger charge is 2.10. The van der Waals surface area contributed by atoms with Gasteiger partial charge in [0.25, 0.3) is 0 Å². The van der Waals surface area contributed by atoms with E-state index in [1.807, 2.05) is 0 Å². The Morgan fingerprint density at radius 2 is 1.71 bits per heavy atom. The number of hydrogen-bond donors (Lipinski definition) is 1. The molecule has 1 aromatic rings. The Morgan fingerprint density at radius 1 is 1.18 bits per heavy atom. The summed E-state index contributed by atoms with van der Waals surface area (Å²) in [6, 6.07) is 3.09. The zero-order valence-corrected chi connectivity index (χ0v) is 12.2. The average molecular weight is 317 g/mol. The van der Waals surface area contributed by atoms with Gasteiger partial charge < -0.3 is 5.32 Å². The molecular weight excluding hydrogens is 305 g/mol. The molecule has 0 heterocycles. The second kappa shape index (κ2) is 6.14. The highest BCUT2D eigenvalue weighted by atomic mass is 35.5. The van der Waals surface area contributed by atoms with Gasteiger partial charge in [-0.15, -0.1) is 0 Å². The molecule has 0 spiro atoms. The summed E-state index contributed by atoms with van der Waals surface area (Å²) in [5, 5.41) is 4.08. The molecule has 0 fully saturated rings. The highest BCUT2D eigenvalue weighted by Crippen LogP contribution is 2.33. The predicted molar refractivity (Wildman–Crippen MR) is 74.3 cm³/mol. The second-order valence-electron chi connectivity index (χ2n) is 3.41.